The van der Waals surface area contributed by atoms with Crippen molar-refractivity contribution in [3.8, 4) is 0 Å². The van der Waals surface area contributed by atoms with Gasteiger partial charge in [-0.3, -0.25) is 4.79 Å². The second kappa shape index (κ2) is 6.39. The van der Waals surface area contributed by atoms with E-state index in [9.17, 15) is 18.0 Å². The van der Waals surface area contributed by atoms with E-state index in [0.717, 1.165) is 18.2 Å². The number of nitrogens with two attached hydrogens (primary N) is 1. The highest BCUT2D eigenvalue weighted by Crippen LogP contribution is 2.31. The van der Waals surface area contributed by atoms with E-state index in [1.54, 1.807) is 18.8 Å². The Morgan fingerprint density at radius 2 is 2.05 bits per heavy atom. The number of benzene rings is 1. The van der Waals surface area contributed by atoms with E-state index in [-0.39, 0.29) is 17.3 Å². The third-order valence-electron chi connectivity index (χ3n) is 3.00. The van der Waals surface area contributed by atoms with Gasteiger partial charge in [0.15, 0.2) is 0 Å². The first-order valence-electron chi connectivity index (χ1n) is 5.91. The summed E-state index contributed by atoms with van der Waals surface area (Å²) in [5.74, 6) is 0.191. The van der Waals surface area contributed by atoms with E-state index in [0.29, 0.717) is 5.75 Å². The molecule has 0 aliphatic heterocycles. The third-order valence-corrected chi connectivity index (χ3v) is 3.82. The number of nitrogen functional groups attached to an aromatic ring is 1. The zero-order valence-corrected chi connectivity index (χ0v) is 12.3. The number of anilines is 1. The van der Waals surface area contributed by atoms with E-state index in [1.807, 2.05) is 13.2 Å². The van der Waals surface area contributed by atoms with Crippen molar-refractivity contribution in [2.45, 2.75) is 19.1 Å². The van der Waals surface area contributed by atoms with E-state index in [2.05, 4.69) is 0 Å². The average Bonchev–Trinajstić information content (AvgIpc) is 2.36. The minimum Gasteiger partial charge on any atom is -0.398 e. The second-order valence-electron chi connectivity index (χ2n) is 4.52. The van der Waals surface area contributed by atoms with Crippen LogP contribution in [0.1, 0.15) is 22.8 Å². The van der Waals surface area contributed by atoms with Crippen LogP contribution in [0.4, 0.5) is 18.9 Å². The predicted molar refractivity (Wildman–Crippen MR) is 75.8 cm³/mol. The van der Waals surface area contributed by atoms with Crippen LogP contribution in [-0.2, 0) is 6.18 Å². The van der Waals surface area contributed by atoms with E-state index in [1.165, 1.54) is 4.90 Å². The number of halogens is 3. The normalized spacial score (nSPS) is 13.1. The van der Waals surface area contributed by atoms with Crippen LogP contribution < -0.4 is 5.73 Å². The number of alkyl halides is 3. The zero-order valence-electron chi connectivity index (χ0n) is 11.5. The summed E-state index contributed by atoms with van der Waals surface area (Å²) in [6.45, 7) is 1.83. The van der Waals surface area contributed by atoms with Gasteiger partial charge in [-0.15, -0.1) is 0 Å². The van der Waals surface area contributed by atoms with Crippen molar-refractivity contribution in [3.63, 3.8) is 0 Å². The van der Waals surface area contributed by atoms with E-state index >= 15 is 0 Å². The Kier molecular flexibility index (Phi) is 5.33. The molecule has 1 aromatic rings. The summed E-state index contributed by atoms with van der Waals surface area (Å²) >= 11 is 1.56. The Labute approximate surface area is 120 Å². The largest absolute Gasteiger partial charge is 0.416 e. The van der Waals surface area contributed by atoms with Gasteiger partial charge in [0.2, 0.25) is 0 Å². The average molecular weight is 306 g/mol. The fraction of sp³-hybridized carbons (Fsp3) is 0.462. The highest BCUT2D eigenvalue weighted by molar-refractivity contribution is 7.98. The summed E-state index contributed by atoms with van der Waals surface area (Å²) in [7, 11) is 1.56. The Morgan fingerprint density at radius 3 is 2.55 bits per heavy atom. The molecule has 1 atom stereocenters. The minimum absolute atomic E-state index is 0.0474. The molecule has 0 radical (unpaired) electrons. The van der Waals surface area contributed by atoms with Crippen molar-refractivity contribution in [1.29, 1.82) is 0 Å². The van der Waals surface area contributed by atoms with Crippen molar-refractivity contribution < 1.29 is 18.0 Å². The summed E-state index contributed by atoms with van der Waals surface area (Å²) in [5, 5.41) is 0. The van der Waals surface area contributed by atoms with Gasteiger partial charge in [-0.1, -0.05) is 0 Å². The molecule has 0 aliphatic carbocycles. The summed E-state index contributed by atoms with van der Waals surface area (Å²) in [5.41, 5.74) is 4.68. The van der Waals surface area contributed by atoms with Crippen LogP contribution in [0.2, 0.25) is 0 Å². The van der Waals surface area contributed by atoms with Gasteiger partial charge in [-0.2, -0.15) is 24.9 Å². The molecular formula is C13H17F3N2OS. The number of carbonyl (C=O) groups excluding carboxylic acids is 1. The minimum atomic E-state index is -4.49. The lowest BCUT2D eigenvalue weighted by Crippen LogP contribution is -2.37. The molecule has 2 N–H and O–H groups in total. The Morgan fingerprint density at radius 1 is 1.45 bits per heavy atom. The molecule has 0 saturated carbocycles. The van der Waals surface area contributed by atoms with Gasteiger partial charge in [0, 0.05) is 24.5 Å². The summed E-state index contributed by atoms with van der Waals surface area (Å²) in [6.07, 6.45) is -2.60. The number of thioether (sulfide) groups is 1. The Hall–Kier alpha value is -1.37. The Bertz CT molecular complexity index is 491. The van der Waals surface area contributed by atoms with Crippen LogP contribution in [0.5, 0.6) is 0 Å². The molecule has 0 saturated heterocycles. The van der Waals surface area contributed by atoms with Crippen molar-refractivity contribution in [1.82, 2.24) is 4.90 Å². The first-order valence-corrected chi connectivity index (χ1v) is 7.30. The van der Waals surface area contributed by atoms with Crippen molar-refractivity contribution in [3.05, 3.63) is 29.3 Å². The molecule has 1 amide bonds. The topological polar surface area (TPSA) is 46.3 Å². The summed E-state index contributed by atoms with van der Waals surface area (Å²) < 4.78 is 38.0. The number of carbonyl (C=O) groups is 1. The van der Waals surface area contributed by atoms with Gasteiger partial charge in [-0.25, -0.2) is 0 Å². The molecule has 1 rings (SSSR count). The molecule has 0 aromatic heterocycles. The number of hydrogen-bond acceptors (Lipinski definition) is 3. The van der Waals surface area contributed by atoms with Gasteiger partial charge in [0.1, 0.15) is 0 Å². The molecule has 112 valence electrons. The number of amides is 1. The molecule has 0 aliphatic rings. The molecule has 1 aromatic carbocycles. The van der Waals surface area contributed by atoms with Gasteiger partial charge in [0.25, 0.3) is 5.91 Å². The molecule has 0 fully saturated rings. The van der Waals surface area contributed by atoms with Gasteiger partial charge < -0.3 is 10.6 Å². The van der Waals surface area contributed by atoms with Crippen LogP contribution in [0.3, 0.4) is 0 Å². The van der Waals surface area contributed by atoms with Gasteiger partial charge in [0.05, 0.1) is 11.1 Å². The molecule has 20 heavy (non-hydrogen) atoms. The van der Waals surface area contributed by atoms with Crippen LogP contribution in [0.15, 0.2) is 18.2 Å². The number of rotatable bonds is 4. The van der Waals surface area contributed by atoms with Crippen molar-refractivity contribution in [2.75, 3.05) is 24.8 Å². The van der Waals surface area contributed by atoms with Crippen LogP contribution in [-0.4, -0.2) is 35.9 Å². The number of hydrogen-bond donors (Lipinski definition) is 1. The van der Waals surface area contributed by atoms with Gasteiger partial charge in [-0.05, 0) is 31.4 Å². The monoisotopic (exact) mass is 306 g/mol. The third kappa shape index (κ3) is 3.82. The lowest BCUT2D eigenvalue weighted by atomic mass is 10.1. The smallest absolute Gasteiger partial charge is 0.398 e. The molecule has 0 bridgehead atoms. The highest BCUT2D eigenvalue weighted by Gasteiger charge is 2.32. The fourth-order valence-electron chi connectivity index (χ4n) is 1.66. The maximum absolute atomic E-state index is 12.7. The Balaban J connectivity index is 3.09. The molecule has 0 spiro atoms. The first-order chi connectivity index (χ1) is 9.18. The maximum atomic E-state index is 12.7. The predicted octanol–water partition coefficient (Wildman–Crippen LogP) is 3.11. The molecular weight excluding hydrogens is 289 g/mol. The SMILES string of the molecule is CSCC(C)N(C)C(=O)c1cc(C(F)(F)F)ccc1N. The molecule has 0 heterocycles. The highest BCUT2D eigenvalue weighted by atomic mass is 32.2. The van der Waals surface area contributed by atoms with Crippen LogP contribution in [0, 0.1) is 0 Å². The lowest BCUT2D eigenvalue weighted by molar-refractivity contribution is -0.137. The maximum Gasteiger partial charge on any atom is 0.416 e. The van der Waals surface area contributed by atoms with E-state index in [4.69, 9.17) is 5.73 Å². The summed E-state index contributed by atoms with van der Waals surface area (Å²) in [4.78, 5) is 13.6. The second-order valence-corrected chi connectivity index (χ2v) is 5.43. The standard InChI is InChI=1S/C13H17F3N2OS/c1-8(7-20-3)18(2)12(19)10-6-9(13(14,15)16)4-5-11(10)17/h4-6,8H,7,17H2,1-3H3. The molecule has 7 heteroatoms. The zero-order chi connectivity index (χ0) is 15.5. The summed E-state index contributed by atoms with van der Waals surface area (Å²) in [6, 6.07) is 2.70. The fourth-order valence-corrected chi connectivity index (χ4v) is 2.37. The van der Waals surface area contributed by atoms with Crippen molar-refractivity contribution in [2.24, 2.45) is 0 Å². The van der Waals surface area contributed by atoms with Crippen LogP contribution in [0.25, 0.3) is 0 Å². The first kappa shape index (κ1) is 16.7. The van der Waals surface area contributed by atoms with Gasteiger partial charge >= 0.3 is 6.18 Å². The number of nitrogens with zero attached hydrogens (tertiary/aromatic N) is 1. The lowest BCUT2D eigenvalue weighted by Gasteiger charge is -2.25. The van der Waals surface area contributed by atoms with Crippen molar-refractivity contribution >= 4 is 23.4 Å². The van der Waals surface area contributed by atoms with Crippen LogP contribution >= 0.6 is 11.8 Å². The quantitative estimate of drug-likeness (QED) is 0.869. The molecule has 3 nitrogen and oxygen atoms in total. The molecule has 1 unspecified atom stereocenters. The van der Waals surface area contributed by atoms with E-state index < -0.39 is 17.6 Å².